The van der Waals surface area contributed by atoms with Crippen molar-refractivity contribution in [3.8, 4) is 17.2 Å². The van der Waals surface area contributed by atoms with Gasteiger partial charge in [0.05, 0.1) is 23.7 Å². The van der Waals surface area contributed by atoms with E-state index in [0.717, 1.165) is 28.5 Å². The Morgan fingerprint density at radius 2 is 1.85 bits per heavy atom. The second-order valence-corrected chi connectivity index (χ2v) is 8.48. The lowest BCUT2D eigenvalue weighted by Crippen LogP contribution is -2.47. The maximum atomic E-state index is 13.1. The molecule has 3 N–H and O–H groups in total. The highest BCUT2D eigenvalue weighted by molar-refractivity contribution is 5.88. The van der Waals surface area contributed by atoms with E-state index in [1.165, 1.54) is 29.8 Å². The van der Waals surface area contributed by atoms with Crippen LogP contribution in [0.5, 0.6) is 0 Å². The van der Waals surface area contributed by atoms with Crippen molar-refractivity contribution in [1.82, 2.24) is 9.13 Å². The first-order valence-corrected chi connectivity index (χ1v) is 11.0. The number of benzene rings is 2. The fraction of sp³-hybridized carbons (Fsp3) is 0.280. The Bertz CT molecular complexity index is 1400. The van der Waals surface area contributed by atoms with E-state index in [1.54, 1.807) is 24.3 Å². The van der Waals surface area contributed by atoms with Crippen molar-refractivity contribution in [3.63, 3.8) is 0 Å². The summed E-state index contributed by atoms with van der Waals surface area (Å²) < 4.78 is 2.56. The molecule has 1 fully saturated rings. The van der Waals surface area contributed by atoms with E-state index >= 15 is 0 Å². The number of nitrogens with two attached hydrogens (primary N) is 1. The molecular formula is C25H25N5O4. The number of carboxylic acids is 1. The summed E-state index contributed by atoms with van der Waals surface area (Å²) in [6.07, 6.45) is 1.75. The lowest BCUT2D eigenvalue weighted by molar-refractivity contribution is 0.0697. The quantitative estimate of drug-likeness (QED) is 0.594. The molecule has 2 aromatic carbocycles. The molecule has 0 radical (unpaired) electrons. The molecule has 174 valence electrons. The Hall–Kier alpha value is -4.16. The smallest absolute Gasteiger partial charge is 0.335 e. The fourth-order valence-corrected chi connectivity index (χ4v) is 4.26. The second kappa shape index (κ2) is 9.37. The second-order valence-electron chi connectivity index (χ2n) is 8.48. The average molecular weight is 460 g/mol. The van der Waals surface area contributed by atoms with Crippen LogP contribution in [0, 0.1) is 11.3 Å². The van der Waals surface area contributed by atoms with Gasteiger partial charge in [0.15, 0.2) is 0 Å². The molecule has 9 heteroatoms. The first kappa shape index (κ1) is 23.0. The number of rotatable bonds is 5. The minimum absolute atomic E-state index is 0.0390. The zero-order chi connectivity index (χ0) is 24.4. The van der Waals surface area contributed by atoms with Crippen LogP contribution in [-0.2, 0) is 13.6 Å². The van der Waals surface area contributed by atoms with Crippen molar-refractivity contribution in [2.45, 2.75) is 25.4 Å². The molecule has 1 aliphatic rings. The van der Waals surface area contributed by atoms with Gasteiger partial charge < -0.3 is 15.7 Å². The van der Waals surface area contributed by atoms with Gasteiger partial charge in [-0.15, -0.1) is 0 Å². The summed E-state index contributed by atoms with van der Waals surface area (Å²) in [5.74, 6) is -0.506. The van der Waals surface area contributed by atoms with Crippen LogP contribution < -0.4 is 21.9 Å². The Kier molecular flexibility index (Phi) is 6.34. The summed E-state index contributed by atoms with van der Waals surface area (Å²) >= 11 is 0. The molecule has 4 rings (SSSR count). The minimum atomic E-state index is -1.01. The van der Waals surface area contributed by atoms with Crippen LogP contribution in [0.3, 0.4) is 0 Å². The van der Waals surface area contributed by atoms with Crippen LogP contribution in [0.4, 0.5) is 5.82 Å². The summed E-state index contributed by atoms with van der Waals surface area (Å²) in [5, 5.41) is 18.9. The van der Waals surface area contributed by atoms with E-state index < -0.39 is 17.2 Å². The zero-order valence-corrected chi connectivity index (χ0v) is 18.8. The summed E-state index contributed by atoms with van der Waals surface area (Å²) in [4.78, 5) is 38.5. The monoisotopic (exact) mass is 459 g/mol. The molecular weight excluding hydrogens is 434 g/mol. The Morgan fingerprint density at radius 1 is 1.15 bits per heavy atom. The molecule has 0 bridgehead atoms. The largest absolute Gasteiger partial charge is 0.478 e. The number of hydrogen-bond acceptors (Lipinski definition) is 6. The third-order valence-corrected chi connectivity index (χ3v) is 6.18. The number of aromatic carboxylic acids is 1. The molecule has 0 unspecified atom stereocenters. The lowest BCUT2D eigenvalue weighted by Gasteiger charge is -2.34. The van der Waals surface area contributed by atoms with Crippen LogP contribution in [0.15, 0.2) is 58.1 Å². The van der Waals surface area contributed by atoms with E-state index in [9.17, 15) is 19.6 Å². The zero-order valence-electron chi connectivity index (χ0n) is 18.8. The molecule has 34 heavy (non-hydrogen) atoms. The van der Waals surface area contributed by atoms with E-state index in [1.807, 2.05) is 11.0 Å². The minimum Gasteiger partial charge on any atom is -0.478 e. The van der Waals surface area contributed by atoms with E-state index in [0.29, 0.717) is 30.0 Å². The van der Waals surface area contributed by atoms with Crippen molar-refractivity contribution < 1.29 is 9.90 Å². The predicted octanol–water partition coefficient (Wildman–Crippen LogP) is 1.76. The molecule has 0 aliphatic carbocycles. The molecule has 3 aromatic rings. The summed E-state index contributed by atoms with van der Waals surface area (Å²) in [5.41, 5.74) is 8.01. The Balaban J connectivity index is 1.73. The SMILES string of the molecule is Cn1c(=O)cc(N2CCC[C@@H](N)C2)n(Cc2ccc(-c3ccc(C(=O)O)cc3)cc2C#N)c1=O. The van der Waals surface area contributed by atoms with Crippen LogP contribution in [-0.4, -0.2) is 39.3 Å². The summed E-state index contributed by atoms with van der Waals surface area (Å²) in [6.45, 7) is 1.36. The summed E-state index contributed by atoms with van der Waals surface area (Å²) in [7, 11) is 1.43. The van der Waals surface area contributed by atoms with Crippen LogP contribution in [0.25, 0.3) is 11.1 Å². The van der Waals surface area contributed by atoms with Gasteiger partial charge in [0.25, 0.3) is 5.56 Å². The van der Waals surface area contributed by atoms with Crippen LogP contribution in [0.1, 0.15) is 34.3 Å². The number of piperidine rings is 1. The molecule has 0 saturated carbocycles. The number of nitrogens with zero attached hydrogens (tertiary/aromatic N) is 4. The van der Waals surface area contributed by atoms with Crippen molar-refractivity contribution in [3.05, 3.63) is 86.1 Å². The first-order chi connectivity index (χ1) is 16.3. The van der Waals surface area contributed by atoms with Crippen molar-refractivity contribution >= 4 is 11.8 Å². The van der Waals surface area contributed by atoms with Gasteiger partial charge in [0.1, 0.15) is 5.82 Å². The highest BCUT2D eigenvalue weighted by atomic mass is 16.4. The number of aromatic nitrogens is 2. The maximum Gasteiger partial charge on any atom is 0.335 e. The third-order valence-electron chi connectivity index (χ3n) is 6.18. The van der Waals surface area contributed by atoms with E-state index in [4.69, 9.17) is 10.8 Å². The first-order valence-electron chi connectivity index (χ1n) is 11.0. The molecule has 1 aliphatic heterocycles. The van der Waals surface area contributed by atoms with Crippen LogP contribution >= 0.6 is 0 Å². The van der Waals surface area contributed by atoms with Gasteiger partial charge in [-0.05, 0) is 47.7 Å². The number of carboxylic acid groups (broad SMARTS) is 1. The highest BCUT2D eigenvalue weighted by Crippen LogP contribution is 2.25. The van der Waals surface area contributed by atoms with Gasteiger partial charge in [-0.3, -0.25) is 13.9 Å². The molecule has 1 aromatic heterocycles. The lowest BCUT2D eigenvalue weighted by atomic mass is 9.98. The van der Waals surface area contributed by atoms with Crippen molar-refractivity contribution in [2.75, 3.05) is 18.0 Å². The molecule has 1 saturated heterocycles. The van der Waals surface area contributed by atoms with E-state index in [2.05, 4.69) is 6.07 Å². The van der Waals surface area contributed by atoms with Gasteiger partial charge in [0.2, 0.25) is 0 Å². The molecule has 1 atom stereocenters. The number of nitriles is 1. The molecule has 0 amide bonds. The fourth-order valence-electron chi connectivity index (χ4n) is 4.26. The summed E-state index contributed by atoms with van der Waals surface area (Å²) in [6, 6.07) is 15.3. The third kappa shape index (κ3) is 4.49. The van der Waals surface area contributed by atoms with Crippen molar-refractivity contribution in [2.24, 2.45) is 12.8 Å². The Labute approximate surface area is 195 Å². The standard InChI is InChI=1S/C25H25N5O4/c1-28-23(31)12-22(29-10-2-3-21(27)15-29)30(25(28)34)14-19-9-8-18(11-20(19)13-26)16-4-6-17(7-5-16)24(32)33/h4-9,11-12,21H,2-3,10,14-15,27H2,1H3,(H,32,33)/t21-/m1/s1. The highest BCUT2D eigenvalue weighted by Gasteiger charge is 2.22. The predicted molar refractivity (Wildman–Crippen MR) is 128 cm³/mol. The molecule has 9 nitrogen and oxygen atoms in total. The number of hydrogen-bond donors (Lipinski definition) is 2. The normalized spacial score (nSPS) is 15.7. The molecule has 0 spiro atoms. The average Bonchev–Trinajstić information content (AvgIpc) is 2.84. The van der Waals surface area contributed by atoms with Gasteiger partial charge >= 0.3 is 11.7 Å². The van der Waals surface area contributed by atoms with Gasteiger partial charge in [0, 0.05) is 32.2 Å². The van der Waals surface area contributed by atoms with E-state index in [-0.39, 0.29) is 18.2 Å². The Morgan fingerprint density at radius 3 is 2.50 bits per heavy atom. The number of carbonyl (C=O) groups is 1. The molecule has 2 heterocycles. The van der Waals surface area contributed by atoms with Gasteiger partial charge in [-0.25, -0.2) is 9.59 Å². The maximum absolute atomic E-state index is 13.1. The number of anilines is 1. The van der Waals surface area contributed by atoms with Crippen molar-refractivity contribution in [1.29, 1.82) is 5.26 Å². The van der Waals surface area contributed by atoms with Gasteiger partial charge in [-0.1, -0.05) is 24.3 Å². The van der Waals surface area contributed by atoms with Gasteiger partial charge in [-0.2, -0.15) is 5.26 Å². The topological polar surface area (TPSA) is 134 Å². The van der Waals surface area contributed by atoms with Crippen LogP contribution in [0.2, 0.25) is 0 Å².